The molecule has 0 amide bonds. The van der Waals surface area contributed by atoms with E-state index in [9.17, 15) is 8.42 Å². The van der Waals surface area contributed by atoms with Gasteiger partial charge >= 0.3 is 0 Å². The Labute approximate surface area is 132 Å². The first-order valence-corrected chi connectivity index (χ1v) is 7.92. The SMILES string of the molecule is Cc1cc(NS(=O)(=O)c2ccc(C#N)cc2Cl)cnc1Cl. The molecule has 0 aliphatic heterocycles. The fourth-order valence-electron chi connectivity index (χ4n) is 1.61. The molecule has 21 heavy (non-hydrogen) atoms. The van der Waals surface area contributed by atoms with Crippen LogP contribution < -0.4 is 4.72 Å². The number of benzene rings is 1. The molecule has 0 unspecified atom stereocenters. The number of hydrogen-bond acceptors (Lipinski definition) is 4. The normalized spacial score (nSPS) is 11.0. The summed E-state index contributed by atoms with van der Waals surface area (Å²) in [6.45, 7) is 1.71. The summed E-state index contributed by atoms with van der Waals surface area (Å²) >= 11 is 11.7. The minimum atomic E-state index is -3.87. The lowest BCUT2D eigenvalue weighted by Crippen LogP contribution is -2.14. The summed E-state index contributed by atoms with van der Waals surface area (Å²) in [5.74, 6) is 0. The number of nitrogens with one attached hydrogen (secondary N) is 1. The molecular weight excluding hydrogens is 333 g/mol. The highest BCUT2D eigenvalue weighted by molar-refractivity contribution is 7.92. The van der Waals surface area contributed by atoms with Crippen LogP contribution in [-0.4, -0.2) is 13.4 Å². The number of anilines is 1. The molecular formula is C13H9Cl2N3O2S. The summed E-state index contributed by atoms with van der Waals surface area (Å²) in [5.41, 5.74) is 1.20. The van der Waals surface area contributed by atoms with E-state index < -0.39 is 10.0 Å². The number of aryl methyl sites for hydroxylation is 1. The Morgan fingerprint density at radius 3 is 2.57 bits per heavy atom. The number of pyridine rings is 1. The molecule has 108 valence electrons. The molecule has 0 aliphatic carbocycles. The van der Waals surface area contributed by atoms with Gasteiger partial charge in [0.2, 0.25) is 0 Å². The van der Waals surface area contributed by atoms with Crippen LogP contribution in [0.15, 0.2) is 35.4 Å². The first-order valence-electron chi connectivity index (χ1n) is 5.68. The van der Waals surface area contributed by atoms with Gasteiger partial charge in [-0.1, -0.05) is 23.2 Å². The second-order valence-corrected chi connectivity index (χ2v) is 6.61. The third-order valence-electron chi connectivity index (χ3n) is 2.62. The van der Waals surface area contributed by atoms with Crippen molar-refractivity contribution in [2.24, 2.45) is 0 Å². The van der Waals surface area contributed by atoms with Gasteiger partial charge in [-0.25, -0.2) is 13.4 Å². The Morgan fingerprint density at radius 2 is 2.00 bits per heavy atom. The van der Waals surface area contributed by atoms with Crippen LogP contribution in [-0.2, 0) is 10.0 Å². The van der Waals surface area contributed by atoms with Gasteiger partial charge in [0.05, 0.1) is 28.5 Å². The van der Waals surface area contributed by atoms with E-state index in [0.29, 0.717) is 10.7 Å². The summed E-state index contributed by atoms with van der Waals surface area (Å²) in [6, 6.07) is 7.40. The highest BCUT2D eigenvalue weighted by Gasteiger charge is 2.18. The lowest BCUT2D eigenvalue weighted by atomic mass is 10.2. The van der Waals surface area contributed by atoms with Crippen molar-refractivity contribution in [3.8, 4) is 6.07 Å². The molecule has 2 aromatic rings. The molecule has 1 heterocycles. The first-order chi connectivity index (χ1) is 9.83. The number of hydrogen-bond donors (Lipinski definition) is 1. The number of rotatable bonds is 3. The number of nitrogens with zero attached hydrogens (tertiary/aromatic N) is 2. The molecule has 1 N–H and O–H groups in total. The summed E-state index contributed by atoms with van der Waals surface area (Å²) in [7, 11) is -3.87. The van der Waals surface area contributed by atoms with Crippen molar-refractivity contribution >= 4 is 38.9 Å². The van der Waals surface area contributed by atoms with Gasteiger partial charge in [0.1, 0.15) is 10.0 Å². The monoisotopic (exact) mass is 341 g/mol. The molecule has 0 atom stereocenters. The maximum Gasteiger partial charge on any atom is 0.263 e. The van der Waals surface area contributed by atoms with E-state index in [1.807, 2.05) is 6.07 Å². The fraction of sp³-hybridized carbons (Fsp3) is 0.0769. The zero-order chi connectivity index (χ0) is 15.6. The van der Waals surface area contributed by atoms with E-state index in [-0.39, 0.29) is 21.2 Å². The van der Waals surface area contributed by atoms with Crippen molar-refractivity contribution in [1.29, 1.82) is 5.26 Å². The summed E-state index contributed by atoms with van der Waals surface area (Å²) in [6.07, 6.45) is 1.31. The van der Waals surface area contributed by atoms with Gasteiger partial charge in [-0.2, -0.15) is 5.26 Å². The van der Waals surface area contributed by atoms with Crippen LogP contribution in [0, 0.1) is 18.3 Å². The number of sulfonamides is 1. The minimum absolute atomic E-state index is 0.0276. The van der Waals surface area contributed by atoms with Crippen LogP contribution in [0.3, 0.4) is 0 Å². The fourth-order valence-corrected chi connectivity index (χ4v) is 3.30. The van der Waals surface area contributed by atoms with Crippen molar-refractivity contribution in [3.05, 3.63) is 51.8 Å². The predicted molar refractivity (Wildman–Crippen MR) is 81.0 cm³/mol. The summed E-state index contributed by atoms with van der Waals surface area (Å²) in [4.78, 5) is 3.75. The first kappa shape index (κ1) is 15.6. The highest BCUT2D eigenvalue weighted by atomic mass is 35.5. The van der Waals surface area contributed by atoms with Crippen molar-refractivity contribution in [3.63, 3.8) is 0 Å². The molecule has 1 aromatic heterocycles. The molecule has 5 nitrogen and oxygen atoms in total. The van der Waals surface area contributed by atoms with Crippen molar-refractivity contribution in [2.75, 3.05) is 4.72 Å². The van der Waals surface area contributed by atoms with Crippen molar-refractivity contribution in [1.82, 2.24) is 4.98 Å². The van der Waals surface area contributed by atoms with Gasteiger partial charge in [0, 0.05) is 0 Å². The maximum atomic E-state index is 12.3. The van der Waals surface area contributed by atoms with Gasteiger partial charge < -0.3 is 0 Å². The van der Waals surface area contributed by atoms with Crippen LogP contribution in [0.5, 0.6) is 0 Å². The quantitative estimate of drug-likeness (QED) is 0.867. The Kier molecular flexibility index (Phi) is 4.37. The average Bonchev–Trinajstić information content (AvgIpc) is 2.42. The zero-order valence-corrected chi connectivity index (χ0v) is 13.1. The van der Waals surface area contributed by atoms with E-state index in [0.717, 1.165) is 0 Å². The Hall–Kier alpha value is -1.81. The van der Waals surface area contributed by atoms with Crippen molar-refractivity contribution in [2.45, 2.75) is 11.8 Å². The van der Waals surface area contributed by atoms with Crippen molar-refractivity contribution < 1.29 is 8.42 Å². The van der Waals surface area contributed by atoms with E-state index in [4.69, 9.17) is 28.5 Å². The lowest BCUT2D eigenvalue weighted by molar-refractivity contribution is 0.601. The third kappa shape index (κ3) is 3.45. The second kappa shape index (κ2) is 5.90. The third-order valence-corrected chi connectivity index (χ3v) is 4.88. The number of halogens is 2. The molecule has 0 radical (unpaired) electrons. The van der Waals surface area contributed by atoms with E-state index in [2.05, 4.69) is 9.71 Å². The Morgan fingerprint density at radius 1 is 1.29 bits per heavy atom. The van der Waals surface area contributed by atoms with Gasteiger partial charge in [-0.05, 0) is 36.8 Å². The molecule has 0 saturated heterocycles. The van der Waals surface area contributed by atoms with Gasteiger partial charge in [-0.3, -0.25) is 4.72 Å². The number of aromatic nitrogens is 1. The van der Waals surface area contributed by atoms with Gasteiger partial charge in [-0.15, -0.1) is 0 Å². The van der Waals surface area contributed by atoms with E-state index in [1.165, 1.54) is 24.4 Å². The minimum Gasteiger partial charge on any atom is -0.278 e. The topological polar surface area (TPSA) is 82.9 Å². The number of nitriles is 1. The van der Waals surface area contributed by atoms with Crippen LogP contribution in [0.4, 0.5) is 5.69 Å². The standard InChI is InChI=1S/C13H9Cl2N3O2S/c1-8-4-10(7-17-13(8)15)18-21(19,20)12-3-2-9(6-16)5-11(12)14/h2-5,7,18H,1H3. The van der Waals surface area contributed by atoms with Gasteiger partial charge in [0.25, 0.3) is 10.0 Å². The molecule has 8 heteroatoms. The van der Waals surface area contributed by atoms with Gasteiger partial charge in [0.15, 0.2) is 0 Å². The Bertz CT molecular complexity index is 845. The van der Waals surface area contributed by atoms with E-state index in [1.54, 1.807) is 13.0 Å². The molecule has 0 bridgehead atoms. The highest BCUT2D eigenvalue weighted by Crippen LogP contribution is 2.25. The molecule has 1 aromatic carbocycles. The van der Waals surface area contributed by atoms with E-state index >= 15 is 0 Å². The molecule has 0 aliphatic rings. The lowest BCUT2D eigenvalue weighted by Gasteiger charge is -2.10. The molecule has 0 spiro atoms. The summed E-state index contributed by atoms with van der Waals surface area (Å²) < 4.78 is 26.9. The summed E-state index contributed by atoms with van der Waals surface area (Å²) in [5, 5.41) is 9.03. The maximum absolute atomic E-state index is 12.3. The second-order valence-electron chi connectivity index (χ2n) is 4.19. The molecule has 2 rings (SSSR count). The van der Waals surface area contributed by atoms with Crippen LogP contribution in [0.2, 0.25) is 10.2 Å². The largest absolute Gasteiger partial charge is 0.278 e. The van der Waals surface area contributed by atoms with Crippen LogP contribution >= 0.6 is 23.2 Å². The predicted octanol–water partition coefficient (Wildman–Crippen LogP) is 3.37. The van der Waals surface area contributed by atoms with Crippen LogP contribution in [0.25, 0.3) is 0 Å². The average molecular weight is 342 g/mol. The van der Waals surface area contributed by atoms with Crippen LogP contribution in [0.1, 0.15) is 11.1 Å². The molecule has 0 fully saturated rings. The zero-order valence-electron chi connectivity index (χ0n) is 10.8. The smallest absolute Gasteiger partial charge is 0.263 e. The molecule has 0 saturated carbocycles. The Balaban J connectivity index is 2.38.